The molecule has 0 saturated heterocycles. The van der Waals surface area contributed by atoms with E-state index in [-0.39, 0.29) is 11.5 Å². The third-order valence-electron chi connectivity index (χ3n) is 1.58. The topological polar surface area (TPSA) is 47.3 Å². The van der Waals surface area contributed by atoms with E-state index in [1.165, 1.54) is 12.5 Å². The summed E-state index contributed by atoms with van der Waals surface area (Å²) in [5.74, 6) is 0.303. The molecule has 0 N–H and O–H groups in total. The maximum atomic E-state index is 10.9. The molecule has 1 aromatic rings. The molecule has 0 radical (unpaired) electrons. The van der Waals surface area contributed by atoms with Gasteiger partial charge in [0.1, 0.15) is 0 Å². The van der Waals surface area contributed by atoms with Crippen LogP contribution in [0.5, 0.6) is 0 Å². The maximum absolute atomic E-state index is 10.9. The van der Waals surface area contributed by atoms with Crippen molar-refractivity contribution in [3.05, 3.63) is 23.7 Å². The molecule has 1 aromatic heterocycles. The predicted octanol–water partition coefficient (Wildman–Crippen LogP) is 0.708. The van der Waals surface area contributed by atoms with E-state index in [0.717, 1.165) is 11.1 Å². The van der Waals surface area contributed by atoms with Gasteiger partial charge in [-0.3, -0.25) is 0 Å². The lowest BCUT2D eigenvalue weighted by molar-refractivity contribution is 0.558. The van der Waals surface area contributed by atoms with Gasteiger partial charge in [-0.2, -0.15) is 0 Å². The Morgan fingerprint density at radius 3 is 2.20 bits per heavy atom. The Labute approximate surface area is 58.6 Å². The van der Waals surface area contributed by atoms with E-state index in [9.17, 15) is 8.42 Å². The van der Waals surface area contributed by atoms with Gasteiger partial charge in [-0.15, -0.1) is 0 Å². The highest BCUT2D eigenvalue weighted by molar-refractivity contribution is 7.90. The van der Waals surface area contributed by atoms with E-state index in [4.69, 9.17) is 4.42 Å². The standard InChI is InChI=1S/C6H6O3S/c7-10(8)3-5-1-9-2-6(5)4-10/h1-2H,3-4H2. The highest BCUT2D eigenvalue weighted by Gasteiger charge is 2.25. The van der Waals surface area contributed by atoms with Crippen molar-refractivity contribution in [1.29, 1.82) is 0 Å². The number of fused-ring (bicyclic) bond motifs is 1. The summed E-state index contributed by atoms with van der Waals surface area (Å²) in [7, 11) is -2.82. The molecule has 0 unspecified atom stereocenters. The smallest absolute Gasteiger partial charge is 0.158 e. The van der Waals surface area contributed by atoms with Crippen LogP contribution in [0, 0.1) is 0 Å². The molecule has 0 aliphatic carbocycles. The first kappa shape index (κ1) is 5.97. The van der Waals surface area contributed by atoms with Crippen LogP contribution in [0.4, 0.5) is 0 Å². The van der Waals surface area contributed by atoms with Gasteiger partial charge in [0.25, 0.3) is 0 Å². The SMILES string of the molecule is O=S1(=O)Cc2cocc2C1. The second-order valence-electron chi connectivity index (χ2n) is 2.45. The first-order valence-corrected chi connectivity index (χ1v) is 4.74. The molecule has 1 aliphatic rings. The molecule has 0 atom stereocenters. The van der Waals surface area contributed by atoms with Crippen molar-refractivity contribution in [2.24, 2.45) is 0 Å². The largest absolute Gasteiger partial charge is 0.472 e. The molecule has 1 aliphatic heterocycles. The third kappa shape index (κ3) is 0.759. The molecule has 0 amide bonds. The number of hydrogen-bond donors (Lipinski definition) is 0. The number of furan rings is 1. The van der Waals surface area contributed by atoms with Crippen LogP contribution < -0.4 is 0 Å². The lowest BCUT2D eigenvalue weighted by atomic mass is 10.2. The van der Waals surface area contributed by atoms with Gasteiger partial charge >= 0.3 is 0 Å². The van der Waals surface area contributed by atoms with Gasteiger partial charge in [0.15, 0.2) is 9.84 Å². The molecule has 3 nitrogen and oxygen atoms in total. The molecule has 54 valence electrons. The van der Waals surface area contributed by atoms with Crippen LogP contribution >= 0.6 is 0 Å². The fourth-order valence-corrected chi connectivity index (χ4v) is 2.68. The monoisotopic (exact) mass is 158 g/mol. The van der Waals surface area contributed by atoms with Crippen molar-refractivity contribution >= 4 is 9.84 Å². The van der Waals surface area contributed by atoms with E-state index in [2.05, 4.69) is 0 Å². The fraction of sp³-hybridized carbons (Fsp3) is 0.333. The normalized spacial score (nSPS) is 20.8. The van der Waals surface area contributed by atoms with Crippen LogP contribution in [0.3, 0.4) is 0 Å². The molecule has 0 bridgehead atoms. The summed E-state index contributed by atoms with van der Waals surface area (Å²) in [6.07, 6.45) is 3.00. The lowest BCUT2D eigenvalue weighted by Crippen LogP contribution is -1.95. The fourth-order valence-electron chi connectivity index (χ4n) is 1.13. The van der Waals surface area contributed by atoms with E-state index in [0.29, 0.717) is 0 Å². The van der Waals surface area contributed by atoms with E-state index >= 15 is 0 Å². The lowest BCUT2D eigenvalue weighted by Gasteiger charge is -1.85. The number of rotatable bonds is 0. The summed E-state index contributed by atoms with van der Waals surface area (Å²) in [5, 5.41) is 0. The molecule has 4 heteroatoms. The Morgan fingerprint density at radius 1 is 1.20 bits per heavy atom. The number of hydrogen-bond acceptors (Lipinski definition) is 3. The zero-order valence-electron chi connectivity index (χ0n) is 5.20. The Bertz CT molecular complexity index is 320. The van der Waals surface area contributed by atoms with Crippen LogP contribution in [0.2, 0.25) is 0 Å². The number of sulfone groups is 1. The molecule has 10 heavy (non-hydrogen) atoms. The van der Waals surface area contributed by atoms with Gasteiger partial charge in [0.2, 0.25) is 0 Å². The molecule has 0 aromatic carbocycles. The van der Waals surface area contributed by atoms with E-state index in [1.807, 2.05) is 0 Å². The summed E-state index contributed by atoms with van der Waals surface area (Å²) in [5.41, 5.74) is 1.64. The Morgan fingerprint density at radius 2 is 1.70 bits per heavy atom. The molecular formula is C6H6O3S. The van der Waals surface area contributed by atoms with E-state index < -0.39 is 9.84 Å². The molecule has 0 fully saturated rings. The zero-order valence-corrected chi connectivity index (χ0v) is 6.02. The second-order valence-corrected chi connectivity index (χ2v) is 4.52. The second kappa shape index (κ2) is 1.63. The Hall–Kier alpha value is -0.770. The van der Waals surface area contributed by atoms with Crippen LogP contribution in [-0.2, 0) is 21.3 Å². The maximum Gasteiger partial charge on any atom is 0.158 e. The van der Waals surface area contributed by atoms with Gasteiger partial charge in [-0.05, 0) is 0 Å². The van der Waals surface area contributed by atoms with Gasteiger partial charge in [0, 0.05) is 11.1 Å². The summed E-state index contributed by atoms with van der Waals surface area (Å²) < 4.78 is 26.6. The van der Waals surface area contributed by atoms with Crippen molar-refractivity contribution < 1.29 is 12.8 Å². The molecular weight excluding hydrogens is 152 g/mol. The van der Waals surface area contributed by atoms with Crippen molar-refractivity contribution in [2.75, 3.05) is 0 Å². The summed E-state index contributed by atoms with van der Waals surface area (Å²) in [4.78, 5) is 0. The van der Waals surface area contributed by atoms with Gasteiger partial charge < -0.3 is 4.42 Å². The van der Waals surface area contributed by atoms with E-state index in [1.54, 1.807) is 0 Å². The van der Waals surface area contributed by atoms with Crippen LogP contribution in [0.1, 0.15) is 11.1 Å². The minimum absolute atomic E-state index is 0.152. The van der Waals surface area contributed by atoms with Crippen LogP contribution in [0.15, 0.2) is 16.9 Å². The van der Waals surface area contributed by atoms with Crippen molar-refractivity contribution in [1.82, 2.24) is 0 Å². The zero-order chi connectivity index (χ0) is 7.19. The predicted molar refractivity (Wildman–Crippen MR) is 35.0 cm³/mol. The van der Waals surface area contributed by atoms with Gasteiger partial charge in [-0.1, -0.05) is 0 Å². The highest BCUT2D eigenvalue weighted by atomic mass is 32.2. The highest BCUT2D eigenvalue weighted by Crippen LogP contribution is 2.24. The molecule has 0 spiro atoms. The molecule has 2 rings (SSSR count). The molecule has 0 saturated carbocycles. The minimum atomic E-state index is -2.82. The summed E-state index contributed by atoms with van der Waals surface area (Å²) in [6.45, 7) is 0. The molecule has 2 heterocycles. The van der Waals surface area contributed by atoms with Gasteiger partial charge in [-0.25, -0.2) is 8.42 Å². The van der Waals surface area contributed by atoms with Crippen LogP contribution in [-0.4, -0.2) is 8.42 Å². The summed E-state index contributed by atoms with van der Waals surface area (Å²) >= 11 is 0. The first-order chi connectivity index (χ1) is 4.67. The minimum Gasteiger partial charge on any atom is -0.472 e. The van der Waals surface area contributed by atoms with Crippen molar-refractivity contribution in [3.8, 4) is 0 Å². The average Bonchev–Trinajstić information content (AvgIpc) is 2.20. The van der Waals surface area contributed by atoms with Crippen molar-refractivity contribution in [2.45, 2.75) is 11.5 Å². The van der Waals surface area contributed by atoms with Crippen molar-refractivity contribution in [3.63, 3.8) is 0 Å². The Balaban J connectivity index is 2.56. The van der Waals surface area contributed by atoms with Gasteiger partial charge in [0.05, 0.1) is 24.0 Å². The third-order valence-corrected chi connectivity index (χ3v) is 3.09. The average molecular weight is 158 g/mol. The quantitative estimate of drug-likeness (QED) is 0.558. The van der Waals surface area contributed by atoms with Crippen LogP contribution in [0.25, 0.3) is 0 Å². The first-order valence-electron chi connectivity index (χ1n) is 2.92. The Kier molecular flexibility index (Phi) is 0.976. The summed E-state index contributed by atoms with van der Waals surface area (Å²) in [6, 6.07) is 0.